The van der Waals surface area contributed by atoms with Crippen molar-refractivity contribution in [3.05, 3.63) is 24.0 Å². The predicted octanol–water partition coefficient (Wildman–Crippen LogP) is 0.139. The molecule has 18 heavy (non-hydrogen) atoms. The number of aromatic hydroxyl groups is 1. The highest BCUT2D eigenvalue weighted by molar-refractivity contribution is 5.96. The van der Waals surface area contributed by atoms with Crippen LogP contribution in [-0.2, 0) is 4.79 Å². The molecule has 2 heterocycles. The zero-order chi connectivity index (χ0) is 13.0. The van der Waals surface area contributed by atoms with E-state index in [9.17, 15) is 14.7 Å². The molecule has 96 valence electrons. The summed E-state index contributed by atoms with van der Waals surface area (Å²) in [5.41, 5.74) is 0.240. The summed E-state index contributed by atoms with van der Waals surface area (Å²) in [6.07, 6.45) is 4.63. The largest absolute Gasteiger partial charge is 0.506 e. The summed E-state index contributed by atoms with van der Waals surface area (Å²) in [6, 6.07) is 1.31. The van der Waals surface area contributed by atoms with E-state index in [0.29, 0.717) is 0 Å². The summed E-state index contributed by atoms with van der Waals surface area (Å²) in [4.78, 5) is 28.8. The first kappa shape index (κ1) is 12.3. The van der Waals surface area contributed by atoms with Crippen LogP contribution in [0.1, 0.15) is 23.2 Å². The van der Waals surface area contributed by atoms with Crippen molar-refractivity contribution in [3.8, 4) is 5.75 Å². The highest BCUT2D eigenvalue weighted by Crippen LogP contribution is 2.09. The Hall–Kier alpha value is -2.11. The Balaban J connectivity index is 1.86. The minimum atomic E-state index is -0.411. The number of pyridine rings is 1. The molecule has 0 aliphatic carbocycles. The molecule has 1 saturated heterocycles. The van der Waals surface area contributed by atoms with E-state index in [1.165, 1.54) is 18.5 Å². The van der Waals surface area contributed by atoms with Crippen LogP contribution in [0.25, 0.3) is 0 Å². The summed E-state index contributed by atoms with van der Waals surface area (Å²) >= 11 is 0. The molecule has 1 aromatic rings. The van der Waals surface area contributed by atoms with Crippen molar-refractivity contribution in [3.63, 3.8) is 0 Å². The van der Waals surface area contributed by atoms with Crippen molar-refractivity contribution in [2.24, 2.45) is 0 Å². The Morgan fingerprint density at radius 2 is 2.06 bits per heavy atom. The van der Waals surface area contributed by atoms with Gasteiger partial charge in [0.05, 0.1) is 18.3 Å². The number of nitrogens with one attached hydrogen (secondary N) is 1. The Bertz CT molecular complexity index is 456. The lowest BCUT2D eigenvalue weighted by molar-refractivity contribution is -0.129. The maximum Gasteiger partial charge on any atom is 0.253 e. The molecule has 6 nitrogen and oxygen atoms in total. The Morgan fingerprint density at radius 1 is 1.33 bits per heavy atom. The smallest absolute Gasteiger partial charge is 0.253 e. The Morgan fingerprint density at radius 3 is 2.72 bits per heavy atom. The molecule has 2 N–H and O–H groups in total. The quantitative estimate of drug-likeness (QED) is 0.798. The summed E-state index contributed by atoms with van der Waals surface area (Å²) in [7, 11) is 0. The van der Waals surface area contributed by atoms with Gasteiger partial charge in [-0.05, 0) is 18.9 Å². The lowest BCUT2D eigenvalue weighted by atomic mass is 10.2. The zero-order valence-electron chi connectivity index (χ0n) is 9.93. The van der Waals surface area contributed by atoms with E-state index in [0.717, 1.165) is 25.9 Å². The molecule has 0 spiro atoms. The molecular formula is C12H15N3O3. The highest BCUT2D eigenvalue weighted by atomic mass is 16.3. The number of rotatable bonds is 3. The molecule has 1 aliphatic heterocycles. The summed E-state index contributed by atoms with van der Waals surface area (Å²) in [5, 5.41) is 11.7. The minimum absolute atomic E-state index is 0.0194. The van der Waals surface area contributed by atoms with Crippen LogP contribution >= 0.6 is 0 Å². The number of amides is 2. The van der Waals surface area contributed by atoms with Crippen LogP contribution in [0.5, 0.6) is 5.75 Å². The number of carbonyl (C=O) groups is 2. The third kappa shape index (κ3) is 2.97. The number of hydrogen-bond acceptors (Lipinski definition) is 4. The number of nitrogens with zero attached hydrogens (tertiary/aromatic N) is 2. The SMILES string of the molecule is O=C(NCC(=O)N1CCCC1)c1cncc(O)c1. The lowest BCUT2D eigenvalue weighted by Gasteiger charge is -2.15. The van der Waals surface area contributed by atoms with Crippen LogP contribution in [-0.4, -0.2) is 46.4 Å². The van der Waals surface area contributed by atoms with Crippen LogP contribution in [0, 0.1) is 0 Å². The third-order valence-electron chi connectivity index (χ3n) is 2.84. The van der Waals surface area contributed by atoms with Crippen LogP contribution in [0.3, 0.4) is 0 Å². The second-order valence-electron chi connectivity index (χ2n) is 4.20. The number of aromatic nitrogens is 1. The van der Waals surface area contributed by atoms with Crippen molar-refractivity contribution < 1.29 is 14.7 Å². The van der Waals surface area contributed by atoms with Crippen LogP contribution in [0.2, 0.25) is 0 Å². The van der Waals surface area contributed by atoms with Gasteiger partial charge in [-0.25, -0.2) is 0 Å². The summed E-state index contributed by atoms with van der Waals surface area (Å²) in [5.74, 6) is -0.562. The van der Waals surface area contributed by atoms with Crippen molar-refractivity contribution in [2.45, 2.75) is 12.8 Å². The average molecular weight is 249 g/mol. The molecule has 0 saturated carbocycles. The summed E-state index contributed by atoms with van der Waals surface area (Å²) < 4.78 is 0. The summed E-state index contributed by atoms with van der Waals surface area (Å²) in [6.45, 7) is 1.51. The molecule has 6 heteroatoms. The molecule has 1 aromatic heterocycles. The molecule has 0 unspecified atom stereocenters. The van der Waals surface area contributed by atoms with Crippen molar-refractivity contribution in [1.29, 1.82) is 0 Å². The first-order chi connectivity index (χ1) is 8.66. The third-order valence-corrected chi connectivity index (χ3v) is 2.84. The fraction of sp³-hybridized carbons (Fsp3) is 0.417. The van der Waals surface area contributed by atoms with Gasteiger partial charge in [-0.1, -0.05) is 0 Å². The van der Waals surface area contributed by atoms with Crippen LogP contribution < -0.4 is 5.32 Å². The molecular weight excluding hydrogens is 234 g/mol. The standard InChI is InChI=1S/C12H15N3O3/c16-10-5-9(6-13-7-10)12(18)14-8-11(17)15-3-1-2-4-15/h5-7,16H,1-4,8H2,(H,14,18). The maximum absolute atomic E-state index is 11.7. The van der Waals surface area contributed by atoms with Gasteiger partial charge < -0.3 is 15.3 Å². The molecule has 1 aliphatic rings. The fourth-order valence-electron chi connectivity index (χ4n) is 1.89. The molecule has 0 bridgehead atoms. The van der Waals surface area contributed by atoms with E-state index in [4.69, 9.17) is 0 Å². The van der Waals surface area contributed by atoms with Crippen LogP contribution in [0.4, 0.5) is 0 Å². The van der Waals surface area contributed by atoms with Crippen LogP contribution in [0.15, 0.2) is 18.5 Å². The van der Waals surface area contributed by atoms with E-state index >= 15 is 0 Å². The predicted molar refractivity (Wildman–Crippen MR) is 64.0 cm³/mol. The van der Waals surface area contributed by atoms with Gasteiger partial charge >= 0.3 is 0 Å². The molecule has 2 amide bonds. The molecule has 0 radical (unpaired) electrons. The van der Waals surface area contributed by atoms with E-state index in [2.05, 4.69) is 10.3 Å². The fourth-order valence-corrected chi connectivity index (χ4v) is 1.89. The number of hydrogen-bond donors (Lipinski definition) is 2. The van der Waals surface area contributed by atoms with Gasteiger partial charge in [0.2, 0.25) is 5.91 Å². The van der Waals surface area contributed by atoms with E-state index < -0.39 is 5.91 Å². The average Bonchev–Trinajstić information content (AvgIpc) is 2.89. The molecule has 1 fully saturated rings. The van der Waals surface area contributed by atoms with Gasteiger partial charge in [0.25, 0.3) is 5.91 Å². The van der Waals surface area contributed by atoms with Gasteiger partial charge in [0, 0.05) is 19.3 Å². The Labute approximate surface area is 105 Å². The van der Waals surface area contributed by atoms with Crippen molar-refractivity contribution in [1.82, 2.24) is 15.2 Å². The van der Waals surface area contributed by atoms with E-state index in [-0.39, 0.29) is 23.8 Å². The van der Waals surface area contributed by atoms with E-state index in [1.54, 1.807) is 4.90 Å². The van der Waals surface area contributed by atoms with Gasteiger partial charge in [-0.15, -0.1) is 0 Å². The van der Waals surface area contributed by atoms with E-state index in [1.807, 2.05) is 0 Å². The van der Waals surface area contributed by atoms with Crippen molar-refractivity contribution >= 4 is 11.8 Å². The number of likely N-dealkylation sites (tertiary alicyclic amines) is 1. The first-order valence-electron chi connectivity index (χ1n) is 5.87. The maximum atomic E-state index is 11.7. The topological polar surface area (TPSA) is 82.5 Å². The van der Waals surface area contributed by atoms with Gasteiger partial charge in [0.15, 0.2) is 0 Å². The van der Waals surface area contributed by atoms with Gasteiger partial charge in [-0.3, -0.25) is 14.6 Å². The first-order valence-corrected chi connectivity index (χ1v) is 5.87. The highest BCUT2D eigenvalue weighted by Gasteiger charge is 2.18. The molecule has 2 rings (SSSR count). The number of carbonyl (C=O) groups excluding carboxylic acids is 2. The second kappa shape index (κ2) is 5.48. The minimum Gasteiger partial charge on any atom is -0.506 e. The second-order valence-corrected chi connectivity index (χ2v) is 4.20. The van der Waals surface area contributed by atoms with Gasteiger partial charge in [0.1, 0.15) is 5.75 Å². The normalized spacial score (nSPS) is 14.6. The van der Waals surface area contributed by atoms with Crippen molar-refractivity contribution in [2.75, 3.05) is 19.6 Å². The molecule has 0 atom stereocenters. The monoisotopic (exact) mass is 249 g/mol. The molecule has 0 aromatic carbocycles. The Kier molecular flexibility index (Phi) is 3.76. The zero-order valence-corrected chi connectivity index (χ0v) is 9.93. The lowest BCUT2D eigenvalue weighted by Crippen LogP contribution is -2.38. The van der Waals surface area contributed by atoms with Gasteiger partial charge in [-0.2, -0.15) is 0 Å².